The van der Waals surface area contributed by atoms with Gasteiger partial charge >= 0.3 is 6.01 Å². The molecule has 1 aliphatic carbocycles. The maximum atomic E-state index is 12.3. The molecule has 0 radical (unpaired) electrons. The third-order valence-corrected chi connectivity index (χ3v) is 4.61. The van der Waals surface area contributed by atoms with E-state index < -0.39 is 0 Å². The van der Waals surface area contributed by atoms with E-state index >= 15 is 0 Å². The number of hydrogen-bond donors (Lipinski definition) is 1. The average Bonchev–Trinajstić information content (AvgIpc) is 3.31. The molecule has 0 spiro atoms. The van der Waals surface area contributed by atoms with E-state index in [1.54, 1.807) is 16.9 Å². The largest absolute Gasteiger partial charge is 0.403 e. The van der Waals surface area contributed by atoms with Gasteiger partial charge in [0.05, 0.1) is 0 Å². The Morgan fingerprint density at radius 1 is 1.15 bits per heavy atom. The monoisotopic (exact) mass is 351 g/mol. The number of carbonyl (C=O) groups is 1. The summed E-state index contributed by atoms with van der Waals surface area (Å²) in [5, 5.41) is 14.8. The van der Waals surface area contributed by atoms with Crippen LogP contribution in [-0.4, -0.2) is 25.9 Å². The second-order valence-corrected chi connectivity index (χ2v) is 6.83. The molecule has 0 fully saturated rings. The summed E-state index contributed by atoms with van der Waals surface area (Å²) < 4.78 is 7.34. The lowest BCUT2D eigenvalue weighted by atomic mass is 9.90. The number of benzene rings is 1. The summed E-state index contributed by atoms with van der Waals surface area (Å²) in [7, 11) is 0. The third kappa shape index (κ3) is 3.24. The quantitative estimate of drug-likeness (QED) is 0.775. The van der Waals surface area contributed by atoms with Crippen LogP contribution in [0.2, 0.25) is 0 Å². The van der Waals surface area contributed by atoms with Crippen LogP contribution in [-0.2, 0) is 12.8 Å². The molecule has 134 valence electrons. The number of anilines is 1. The van der Waals surface area contributed by atoms with Crippen molar-refractivity contribution in [1.29, 1.82) is 0 Å². The van der Waals surface area contributed by atoms with E-state index in [9.17, 15) is 4.79 Å². The van der Waals surface area contributed by atoms with Crippen LogP contribution in [0, 0.1) is 0 Å². The van der Waals surface area contributed by atoms with Crippen LogP contribution in [0.15, 0.2) is 34.9 Å². The Kier molecular flexibility index (Phi) is 4.28. The smallest absolute Gasteiger partial charge is 0.322 e. The fourth-order valence-corrected chi connectivity index (χ4v) is 3.16. The van der Waals surface area contributed by atoms with Gasteiger partial charge in [0.25, 0.3) is 5.91 Å². The maximum Gasteiger partial charge on any atom is 0.322 e. The third-order valence-electron chi connectivity index (χ3n) is 4.61. The fourth-order valence-electron chi connectivity index (χ4n) is 3.16. The van der Waals surface area contributed by atoms with Crippen LogP contribution < -0.4 is 5.32 Å². The van der Waals surface area contributed by atoms with Crippen molar-refractivity contribution in [2.75, 3.05) is 5.32 Å². The zero-order chi connectivity index (χ0) is 18.1. The molecule has 1 amide bonds. The molecule has 26 heavy (non-hydrogen) atoms. The zero-order valence-corrected chi connectivity index (χ0v) is 14.9. The predicted molar refractivity (Wildman–Crippen MR) is 96.9 cm³/mol. The molecule has 7 heteroatoms. The molecule has 0 saturated heterocycles. The molecule has 0 saturated carbocycles. The number of fused-ring (bicyclic) bond motifs is 1. The predicted octanol–water partition coefficient (Wildman–Crippen LogP) is 3.65. The van der Waals surface area contributed by atoms with E-state index in [0.29, 0.717) is 11.6 Å². The number of hydrogen-bond acceptors (Lipinski definition) is 5. The van der Waals surface area contributed by atoms with E-state index in [2.05, 4.69) is 32.7 Å². The van der Waals surface area contributed by atoms with Crippen LogP contribution in [0.5, 0.6) is 0 Å². The molecular weight excluding hydrogens is 330 g/mol. The molecule has 2 aromatic heterocycles. The number of nitrogens with one attached hydrogen (secondary N) is 1. The number of aryl methyl sites for hydroxylation is 2. The van der Waals surface area contributed by atoms with Crippen molar-refractivity contribution in [2.24, 2.45) is 0 Å². The van der Waals surface area contributed by atoms with Gasteiger partial charge in [-0.1, -0.05) is 11.2 Å². The number of nitrogens with zero attached hydrogens (tertiary/aromatic N) is 4. The highest BCUT2D eigenvalue weighted by Gasteiger charge is 2.17. The van der Waals surface area contributed by atoms with Gasteiger partial charge in [-0.3, -0.25) is 14.8 Å². The van der Waals surface area contributed by atoms with Crippen molar-refractivity contribution in [3.8, 4) is 11.5 Å². The van der Waals surface area contributed by atoms with Gasteiger partial charge in [0.15, 0.2) is 5.69 Å². The summed E-state index contributed by atoms with van der Waals surface area (Å²) in [6.45, 7) is 4.00. The molecule has 1 aromatic carbocycles. The van der Waals surface area contributed by atoms with Crippen LogP contribution in [0.3, 0.4) is 0 Å². The Morgan fingerprint density at radius 2 is 1.96 bits per heavy atom. The summed E-state index contributed by atoms with van der Waals surface area (Å²) in [6, 6.07) is 8.16. The first-order valence-corrected chi connectivity index (χ1v) is 8.92. The molecule has 0 atom stereocenters. The molecule has 3 aromatic rings. The molecule has 7 nitrogen and oxygen atoms in total. The van der Waals surface area contributed by atoms with Gasteiger partial charge in [-0.2, -0.15) is 5.10 Å². The number of aromatic nitrogens is 4. The lowest BCUT2D eigenvalue weighted by Gasteiger charge is -2.15. The van der Waals surface area contributed by atoms with E-state index in [-0.39, 0.29) is 18.0 Å². The highest BCUT2D eigenvalue weighted by molar-refractivity contribution is 6.01. The van der Waals surface area contributed by atoms with Gasteiger partial charge < -0.3 is 4.42 Å². The van der Waals surface area contributed by atoms with Crippen LogP contribution in [0.4, 0.5) is 6.01 Å². The highest BCUT2D eigenvalue weighted by atomic mass is 16.4. The molecule has 0 aliphatic heterocycles. The second kappa shape index (κ2) is 6.74. The van der Waals surface area contributed by atoms with Crippen LogP contribution in [0.1, 0.15) is 54.3 Å². The molecular formula is C19H21N5O2. The minimum absolute atomic E-state index is 0.0711. The Balaban J connectivity index is 1.50. The second-order valence-electron chi connectivity index (χ2n) is 6.83. The van der Waals surface area contributed by atoms with Gasteiger partial charge in [0.2, 0.25) is 5.89 Å². The van der Waals surface area contributed by atoms with Crippen LogP contribution in [0.25, 0.3) is 11.5 Å². The number of rotatable bonds is 4. The standard InChI is InChI=1S/C19H21N5O2/c1-12(2)24-10-9-16(23-24)17(25)20-19-22-21-18(26-19)15-8-7-13-5-3-4-6-14(13)11-15/h7-12H,3-6H2,1-2H3,(H,20,22,25). The van der Waals surface area contributed by atoms with Crippen molar-refractivity contribution >= 4 is 11.9 Å². The summed E-state index contributed by atoms with van der Waals surface area (Å²) >= 11 is 0. The zero-order valence-electron chi connectivity index (χ0n) is 14.9. The fraction of sp³-hybridized carbons (Fsp3) is 0.368. The topological polar surface area (TPSA) is 85.8 Å². The minimum Gasteiger partial charge on any atom is -0.403 e. The van der Waals surface area contributed by atoms with Gasteiger partial charge in [0, 0.05) is 17.8 Å². The molecule has 4 rings (SSSR count). The maximum absolute atomic E-state index is 12.3. The first-order chi connectivity index (χ1) is 12.6. The van der Waals surface area contributed by atoms with Gasteiger partial charge in [-0.15, -0.1) is 5.10 Å². The van der Waals surface area contributed by atoms with Crippen molar-refractivity contribution in [3.63, 3.8) is 0 Å². The van der Waals surface area contributed by atoms with Crippen molar-refractivity contribution in [1.82, 2.24) is 20.0 Å². The summed E-state index contributed by atoms with van der Waals surface area (Å²) in [5.41, 5.74) is 3.93. The van der Waals surface area contributed by atoms with E-state index in [1.807, 2.05) is 19.9 Å². The van der Waals surface area contributed by atoms with Crippen molar-refractivity contribution in [3.05, 3.63) is 47.3 Å². The van der Waals surface area contributed by atoms with Gasteiger partial charge in [-0.25, -0.2) is 0 Å². The SMILES string of the molecule is CC(C)n1ccc(C(=O)Nc2nnc(-c3ccc4c(c3)CCCC4)o2)n1. The molecule has 1 aliphatic rings. The molecule has 0 unspecified atom stereocenters. The Labute approximate surface area is 151 Å². The summed E-state index contributed by atoms with van der Waals surface area (Å²) in [5.74, 6) is 0.0337. The summed E-state index contributed by atoms with van der Waals surface area (Å²) in [4.78, 5) is 12.3. The Hall–Kier alpha value is -2.96. The summed E-state index contributed by atoms with van der Waals surface area (Å²) in [6.07, 6.45) is 6.44. The van der Waals surface area contributed by atoms with E-state index in [1.165, 1.54) is 24.0 Å². The lowest BCUT2D eigenvalue weighted by Crippen LogP contribution is -2.14. The van der Waals surface area contributed by atoms with E-state index in [4.69, 9.17) is 4.42 Å². The number of carbonyl (C=O) groups excluding carboxylic acids is 1. The minimum atomic E-state index is -0.370. The van der Waals surface area contributed by atoms with Crippen LogP contribution >= 0.6 is 0 Å². The first kappa shape index (κ1) is 16.5. The average molecular weight is 351 g/mol. The van der Waals surface area contributed by atoms with Gasteiger partial charge in [-0.05, 0) is 68.9 Å². The normalized spacial score (nSPS) is 13.7. The van der Waals surface area contributed by atoms with Crippen molar-refractivity contribution in [2.45, 2.75) is 45.6 Å². The van der Waals surface area contributed by atoms with Gasteiger partial charge in [0.1, 0.15) is 0 Å². The highest BCUT2D eigenvalue weighted by Crippen LogP contribution is 2.27. The first-order valence-electron chi connectivity index (χ1n) is 8.92. The number of amides is 1. The molecule has 2 heterocycles. The van der Waals surface area contributed by atoms with Crippen molar-refractivity contribution < 1.29 is 9.21 Å². The van der Waals surface area contributed by atoms with E-state index in [0.717, 1.165) is 18.4 Å². The molecule has 0 bridgehead atoms. The Morgan fingerprint density at radius 3 is 2.73 bits per heavy atom. The molecule has 1 N–H and O–H groups in total. The Bertz CT molecular complexity index is 941. The lowest BCUT2D eigenvalue weighted by molar-refractivity contribution is 0.101.